The van der Waals surface area contributed by atoms with E-state index >= 15 is 0 Å². The smallest absolute Gasteiger partial charge is 0.0618 e. The molecule has 0 amide bonds. The van der Waals surface area contributed by atoms with Crippen molar-refractivity contribution < 1.29 is 0 Å². The first kappa shape index (κ1) is 12.0. The molecule has 2 nitrogen and oxygen atoms in total. The van der Waals surface area contributed by atoms with Crippen LogP contribution in [0.25, 0.3) is 0 Å². The van der Waals surface area contributed by atoms with Crippen molar-refractivity contribution in [1.29, 1.82) is 0 Å². The Labute approximate surface area is 110 Å². The fraction of sp³-hybridized carbons (Fsp3) is 0.143. The zero-order valence-corrected chi connectivity index (χ0v) is 11.3. The van der Waals surface area contributed by atoms with Crippen LogP contribution in [0.4, 0.5) is 17.1 Å². The van der Waals surface area contributed by atoms with Gasteiger partial charge in [0, 0.05) is 10.2 Å². The fourth-order valence-electron chi connectivity index (χ4n) is 1.63. The topological polar surface area (TPSA) is 38.0 Å². The Balaban J connectivity index is 2.19. The monoisotopic (exact) mass is 290 g/mol. The molecule has 3 N–H and O–H groups in total. The lowest BCUT2D eigenvalue weighted by Crippen LogP contribution is -1.96. The van der Waals surface area contributed by atoms with Gasteiger partial charge in [0.25, 0.3) is 0 Å². The van der Waals surface area contributed by atoms with E-state index in [0.717, 1.165) is 28.0 Å². The van der Waals surface area contributed by atoms with Crippen LogP contribution in [0.3, 0.4) is 0 Å². The molecule has 0 radical (unpaired) electrons. The van der Waals surface area contributed by atoms with Crippen LogP contribution in [0.15, 0.2) is 46.9 Å². The van der Waals surface area contributed by atoms with E-state index < -0.39 is 0 Å². The quantitative estimate of drug-likeness (QED) is 0.826. The molecule has 2 aromatic carbocycles. The molecule has 0 saturated heterocycles. The molecule has 88 valence electrons. The summed E-state index contributed by atoms with van der Waals surface area (Å²) in [7, 11) is 0. The Bertz CT molecular complexity index is 506. The van der Waals surface area contributed by atoms with Gasteiger partial charge in [-0.1, -0.05) is 35.0 Å². The lowest BCUT2D eigenvalue weighted by Gasteiger charge is -2.10. The highest BCUT2D eigenvalue weighted by Gasteiger charge is 2.00. The lowest BCUT2D eigenvalue weighted by molar-refractivity contribution is 1.14. The number of aryl methyl sites for hydroxylation is 1. The van der Waals surface area contributed by atoms with Crippen molar-refractivity contribution in [2.45, 2.75) is 13.3 Å². The zero-order valence-electron chi connectivity index (χ0n) is 9.70. The van der Waals surface area contributed by atoms with Crippen LogP contribution >= 0.6 is 15.9 Å². The van der Waals surface area contributed by atoms with Gasteiger partial charge in [-0.2, -0.15) is 0 Å². The molecular weight excluding hydrogens is 276 g/mol. The summed E-state index contributed by atoms with van der Waals surface area (Å²) in [4.78, 5) is 0. The molecule has 0 spiro atoms. The minimum atomic E-state index is 0.735. The molecule has 0 fully saturated rings. The largest absolute Gasteiger partial charge is 0.397 e. The maximum Gasteiger partial charge on any atom is 0.0618 e. The maximum atomic E-state index is 5.93. The molecule has 0 saturated carbocycles. The van der Waals surface area contributed by atoms with Crippen LogP contribution in [-0.4, -0.2) is 0 Å². The van der Waals surface area contributed by atoms with Crippen LogP contribution in [0.2, 0.25) is 0 Å². The molecule has 17 heavy (non-hydrogen) atoms. The third-order valence-corrected chi connectivity index (χ3v) is 3.15. The highest BCUT2D eigenvalue weighted by molar-refractivity contribution is 9.10. The predicted octanol–water partition coefficient (Wildman–Crippen LogP) is 4.34. The highest BCUT2D eigenvalue weighted by Crippen LogP contribution is 2.26. The minimum Gasteiger partial charge on any atom is -0.397 e. The van der Waals surface area contributed by atoms with Gasteiger partial charge in [-0.25, -0.2) is 0 Å². The van der Waals surface area contributed by atoms with E-state index in [1.165, 1.54) is 5.56 Å². The van der Waals surface area contributed by atoms with E-state index in [1.54, 1.807) is 0 Å². The molecule has 0 unspecified atom stereocenters. The molecule has 0 heterocycles. The molecule has 0 aliphatic heterocycles. The van der Waals surface area contributed by atoms with Crippen LogP contribution < -0.4 is 11.1 Å². The van der Waals surface area contributed by atoms with Gasteiger partial charge in [-0.3, -0.25) is 0 Å². The number of rotatable bonds is 3. The standard InChI is InChI=1S/C14H15BrN2/c1-2-10-3-6-12(7-4-10)17-14-8-5-11(15)9-13(14)16/h3-9,17H,2,16H2,1H3. The number of nitrogens with one attached hydrogen (secondary N) is 1. The second-order valence-electron chi connectivity index (χ2n) is 3.91. The average molecular weight is 291 g/mol. The van der Waals surface area contributed by atoms with Crippen molar-refractivity contribution in [3.8, 4) is 0 Å². The van der Waals surface area contributed by atoms with Crippen molar-refractivity contribution in [1.82, 2.24) is 0 Å². The molecule has 2 aromatic rings. The van der Waals surface area contributed by atoms with Crippen LogP contribution in [0.5, 0.6) is 0 Å². The van der Waals surface area contributed by atoms with E-state index in [9.17, 15) is 0 Å². The van der Waals surface area contributed by atoms with E-state index in [4.69, 9.17) is 5.73 Å². The summed E-state index contributed by atoms with van der Waals surface area (Å²) >= 11 is 3.39. The first-order valence-corrected chi connectivity index (χ1v) is 6.39. The zero-order chi connectivity index (χ0) is 12.3. The molecule has 0 aliphatic carbocycles. The van der Waals surface area contributed by atoms with Crippen LogP contribution in [0, 0.1) is 0 Å². The van der Waals surface area contributed by atoms with Crippen molar-refractivity contribution in [2.24, 2.45) is 0 Å². The Morgan fingerprint density at radius 1 is 1.12 bits per heavy atom. The van der Waals surface area contributed by atoms with Gasteiger partial charge in [-0.15, -0.1) is 0 Å². The first-order valence-electron chi connectivity index (χ1n) is 5.60. The summed E-state index contributed by atoms with van der Waals surface area (Å²) < 4.78 is 0.988. The number of nitrogen functional groups attached to an aromatic ring is 1. The van der Waals surface area contributed by atoms with Crippen LogP contribution in [0.1, 0.15) is 12.5 Å². The van der Waals surface area contributed by atoms with Gasteiger partial charge in [-0.05, 0) is 42.3 Å². The molecule has 0 bridgehead atoms. The normalized spacial score (nSPS) is 10.2. The third-order valence-electron chi connectivity index (χ3n) is 2.65. The number of anilines is 3. The van der Waals surface area contributed by atoms with Crippen molar-refractivity contribution in [2.75, 3.05) is 11.1 Å². The Morgan fingerprint density at radius 2 is 1.82 bits per heavy atom. The molecule has 3 heteroatoms. The number of hydrogen-bond acceptors (Lipinski definition) is 2. The van der Waals surface area contributed by atoms with Gasteiger partial charge in [0.15, 0.2) is 0 Å². The second kappa shape index (κ2) is 5.23. The van der Waals surface area contributed by atoms with Crippen LogP contribution in [-0.2, 0) is 6.42 Å². The fourth-order valence-corrected chi connectivity index (χ4v) is 2.01. The molecular formula is C14H15BrN2. The maximum absolute atomic E-state index is 5.93. The molecule has 0 aliphatic rings. The Kier molecular flexibility index (Phi) is 3.69. The molecule has 2 rings (SSSR count). The summed E-state index contributed by atoms with van der Waals surface area (Å²) in [5.74, 6) is 0. The van der Waals surface area contributed by atoms with E-state index in [2.05, 4.69) is 52.4 Å². The summed E-state index contributed by atoms with van der Waals surface area (Å²) in [5, 5.41) is 3.30. The van der Waals surface area contributed by atoms with E-state index in [-0.39, 0.29) is 0 Å². The summed E-state index contributed by atoms with van der Waals surface area (Å²) in [6.45, 7) is 2.15. The Hall–Kier alpha value is -1.48. The van der Waals surface area contributed by atoms with Crippen molar-refractivity contribution in [3.63, 3.8) is 0 Å². The first-order chi connectivity index (χ1) is 8.19. The number of halogens is 1. The van der Waals surface area contributed by atoms with E-state index in [0.29, 0.717) is 0 Å². The second-order valence-corrected chi connectivity index (χ2v) is 4.82. The average Bonchev–Trinajstić information content (AvgIpc) is 2.34. The van der Waals surface area contributed by atoms with E-state index in [1.807, 2.05) is 18.2 Å². The van der Waals surface area contributed by atoms with Gasteiger partial charge in [0.2, 0.25) is 0 Å². The summed E-state index contributed by atoms with van der Waals surface area (Å²) in [6, 6.07) is 14.2. The number of nitrogens with two attached hydrogens (primary N) is 1. The van der Waals surface area contributed by atoms with Gasteiger partial charge in [0.05, 0.1) is 11.4 Å². The summed E-state index contributed by atoms with van der Waals surface area (Å²) in [5.41, 5.74) is 9.98. The molecule has 0 atom stereocenters. The van der Waals surface area contributed by atoms with Crippen molar-refractivity contribution >= 4 is 33.0 Å². The number of benzene rings is 2. The SMILES string of the molecule is CCc1ccc(Nc2ccc(Br)cc2N)cc1. The van der Waals surface area contributed by atoms with Crippen molar-refractivity contribution in [3.05, 3.63) is 52.5 Å². The Morgan fingerprint density at radius 3 is 2.41 bits per heavy atom. The van der Waals surface area contributed by atoms with Gasteiger partial charge >= 0.3 is 0 Å². The highest BCUT2D eigenvalue weighted by atomic mass is 79.9. The van der Waals surface area contributed by atoms with Gasteiger partial charge in [0.1, 0.15) is 0 Å². The lowest BCUT2D eigenvalue weighted by atomic mass is 10.1. The molecule has 0 aromatic heterocycles. The third kappa shape index (κ3) is 3.01. The predicted molar refractivity (Wildman–Crippen MR) is 77.7 cm³/mol. The minimum absolute atomic E-state index is 0.735. The number of hydrogen-bond donors (Lipinski definition) is 2. The van der Waals surface area contributed by atoms with Gasteiger partial charge < -0.3 is 11.1 Å². The summed E-state index contributed by atoms with van der Waals surface area (Å²) in [6.07, 6.45) is 1.06.